The van der Waals surface area contributed by atoms with Crippen molar-refractivity contribution < 1.29 is 4.79 Å². The third-order valence-corrected chi connectivity index (χ3v) is 3.09. The summed E-state index contributed by atoms with van der Waals surface area (Å²) in [5.41, 5.74) is 7.19. The van der Waals surface area contributed by atoms with Gasteiger partial charge in [-0.2, -0.15) is 5.10 Å². The van der Waals surface area contributed by atoms with Crippen molar-refractivity contribution in [2.75, 3.05) is 0 Å². The molecule has 0 aliphatic carbocycles. The minimum absolute atomic E-state index is 0.0990. The van der Waals surface area contributed by atoms with E-state index in [0.717, 1.165) is 11.3 Å². The van der Waals surface area contributed by atoms with Gasteiger partial charge < -0.3 is 11.1 Å². The quantitative estimate of drug-likeness (QED) is 0.693. The van der Waals surface area contributed by atoms with Crippen molar-refractivity contribution in [1.82, 2.24) is 15.5 Å². The summed E-state index contributed by atoms with van der Waals surface area (Å²) in [6, 6.07) is 0. The van der Waals surface area contributed by atoms with Gasteiger partial charge in [-0.3, -0.25) is 9.89 Å². The van der Waals surface area contributed by atoms with Gasteiger partial charge in [0, 0.05) is 17.8 Å². The molecule has 1 amide bonds. The Labute approximate surface area is 95.8 Å². The number of aromatic amines is 1. The van der Waals surface area contributed by atoms with E-state index in [9.17, 15) is 4.79 Å². The lowest BCUT2D eigenvalue weighted by Gasteiger charge is -2.25. The molecule has 90 valence electrons. The van der Waals surface area contributed by atoms with Crippen LogP contribution in [0.4, 0.5) is 0 Å². The maximum absolute atomic E-state index is 11.9. The number of nitrogens with zero attached hydrogens (tertiary/aromatic N) is 1. The second-order valence-electron chi connectivity index (χ2n) is 4.07. The van der Waals surface area contributed by atoms with Crippen LogP contribution in [0.3, 0.4) is 0 Å². The molecule has 0 bridgehead atoms. The molecule has 0 aromatic carbocycles. The van der Waals surface area contributed by atoms with E-state index in [2.05, 4.69) is 15.5 Å². The van der Waals surface area contributed by atoms with E-state index in [1.54, 1.807) is 6.20 Å². The standard InChI is InChI=1S/C11H20N4O/c1-4-11(12,5-2)10(16)13-6-9-7-14-15-8(9)3/h7H,4-6,12H2,1-3H3,(H,13,16)(H,14,15). The molecule has 1 heterocycles. The zero-order valence-corrected chi connectivity index (χ0v) is 10.1. The molecule has 0 aliphatic heterocycles. The van der Waals surface area contributed by atoms with Gasteiger partial charge in [-0.05, 0) is 19.8 Å². The second kappa shape index (κ2) is 5.12. The summed E-state index contributed by atoms with van der Waals surface area (Å²) < 4.78 is 0. The number of rotatable bonds is 5. The molecule has 5 heteroatoms. The average molecular weight is 224 g/mol. The van der Waals surface area contributed by atoms with Gasteiger partial charge in [-0.25, -0.2) is 0 Å². The van der Waals surface area contributed by atoms with E-state index in [-0.39, 0.29) is 5.91 Å². The largest absolute Gasteiger partial charge is 0.350 e. The van der Waals surface area contributed by atoms with Gasteiger partial charge in [-0.1, -0.05) is 13.8 Å². The molecule has 4 N–H and O–H groups in total. The topological polar surface area (TPSA) is 83.8 Å². The molecule has 0 unspecified atom stereocenters. The Kier molecular flexibility index (Phi) is 4.06. The zero-order valence-electron chi connectivity index (χ0n) is 10.1. The van der Waals surface area contributed by atoms with E-state index >= 15 is 0 Å². The Morgan fingerprint density at radius 3 is 2.62 bits per heavy atom. The Bertz CT molecular complexity index is 355. The number of nitrogens with two attached hydrogens (primary N) is 1. The fourth-order valence-electron chi connectivity index (χ4n) is 1.48. The lowest BCUT2D eigenvalue weighted by molar-refractivity contribution is -0.126. The second-order valence-corrected chi connectivity index (χ2v) is 4.07. The van der Waals surface area contributed by atoms with Crippen LogP contribution in [0.5, 0.6) is 0 Å². The van der Waals surface area contributed by atoms with Gasteiger partial charge in [-0.15, -0.1) is 0 Å². The minimum Gasteiger partial charge on any atom is -0.350 e. The van der Waals surface area contributed by atoms with Gasteiger partial charge in [0.15, 0.2) is 0 Å². The SMILES string of the molecule is CCC(N)(CC)C(=O)NCc1cn[nH]c1C. The summed E-state index contributed by atoms with van der Waals surface area (Å²) >= 11 is 0. The van der Waals surface area contributed by atoms with Crippen molar-refractivity contribution in [3.05, 3.63) is 17.5 Å². The third kappa shape index (κ3) is 2.61. The van der Waals surface area contributed by atoms with Crippen molar-refractivity contribution in [2.45, 2.75) is 45.7 Å². The number of hydrogen-bond donors (Lipinski definition) is 3. The Morgan fingerprint density at radius 1 is 1.56 bits per heavy atom. The summed E-state index contributed by atoms with van der Waals surface area (Å²) in [6.07, 6.45) is 2.99. The van der Waals surface area contributed by atoms with Gasteiger partial charge in [0.2, 0.25) is 5.91 Å². The fourth-order valence-corrected chi connectivity index (χ4v) is 1.48. The number of carbonyl (C=O) groups excluding carboxylic acids is 1. The molecule has 16 heavy (non-hydrogen) atoms. The Hall–Kier alpha value is -1.36. The molecule has 0 saturated heterocycles. The molecule has 0 atom stereocenters. The molecule has 0 aliphatic rings. The zero-order chi connectivity index (χ0) is 12.2. The van der Waals surface area contributed by atoms with E-state index in [1.807, 2.05) is 20.8 Å². The van der Waals surface area contributed by atoms with E-state index in [4.69, 9.17) is 5.73 Å². The van der Waals surface area contributed by atoms with Gasteiger partial charge in [0.25, 0.3) is 0 Å². The van der Waals surface area contributed by atoms with Crippen molar-refractivity contribution >= 4 is 5.91 Å². The molecule has 0 spiro atoms. The molecular weight excluding hydrogens is 204 g/mol. The van der Waals surface area contributed by atoms with Crippen LogP contribution in [0, 0.1) is 6.92 Å². The first-order valence-corrected chi connectivity index (χ1v) is 5.59. The van der Waals surface area contributed by atoms with Crippen LogP contribution < -0.4 is 11.1 Å². The number of carbonyl (C=O) groups is 1. The van der Waals surface area contributed by atoms with Crippen molar-refractivity contribution in [3.63, 3.8) is 0 Å². The van der Waals surface area contributed by atoms with Gasteiger partial charge in [0.1, 0.15) is 0 Å². The summed E-state index contributed by atoms with van der Waals surface area (Å²) in [7, 11) is 0. The number of H-pyrrole nitrogens is 1. The Morgan fingerprint density at radius 2 is 2.19 bits per heavy atom. The first-order chi connectivity index (χ1) is 7.53. The maximum atomic E-state index is 11.9. The van der Waals surface area contributed by atoms with Crippen LogP contribution in [0.2, 0.25) is 0 Å². The molecule has 0 saturated carbocycles. The summed E-state index contributed by atoms with van der Waals surface area (Å²) in [5.74, 6) is -0.0990. The lowest BCUT2D eigenvalue weighted by atomic mass is 9.93. The number of aromatic nitrogens is 2. The first-order valence-electron chi connectivity index (χ1n) is 5.59. The highest BCUT2D eigenvalue weighted by molar-refractivity contribution is 5.85. The summed E-state index contributed by atoms with van der Waals surface area (Å²) in [4.78, 5) is 11.9. The van der Waals surface area contributed by atoms with Gasteiger partial charge >= 0.3 is 0 Å². The molecule has 0 radical (unpaired) electrons. The van der Waals surface area contributed by atoms with Crippen LogP contribution >= 0.6 is 0 Å². The van der Waals surface area contributed by atoms with Crippen molar-refractivity contribution in [1.29, 1.82) is 0 Å². The highest BCUT2D eigenvalue weighted by atomic mass is 16.2. The van der Waals surface area contributed by atoms with Crippen LogP contribution in [-0.2, 0) is 11.3 Å². The predicted octanol–water partition coefficient (Wildman–Crippen LogP) is 0.852. The fraction of sp³-hybridized carbons (Fsp3) is 0.636. The minimum atomic E-state index is -0.752. The molecule has 5 nitrogen and oxygen atoms in total. The molecular formula is C11H20N4O. The first kappa shape index (κ1) is 12.7. The summed E-state index contributed by atoms with van der Waals surface area (Å²) in [6.45, 7) is 6.24. The van der Waals surface area contributed by atoms with Crippen molar-refractivity contribution in [3.8, 4) is 0 Å². The number of aryl methyl sites for hydroxylation is 1. The number of hydrogen-bond acceptors (Lipinski definition) is 3. The normalized spacial score (nSPS) is 11.5. The van der Waals surface area contributed by atoms with Crippen LogP contribution in [0.25, 0.3) is 0 Å². The average Bonchev–Trinajstić information content (AvgIpc) is 2.70. The maximum Gasteiger partial charge on any atom is 0.240 e. The van der Waals surface area contributed by atoms with E-state index < -0.39 is 5.54 Å². The molecule has 1 aromatic heterocycles. The van der Waals surface area contributed by atoms with Crippen LogP contribution in [0.15, 0.2) is 6.20 Å². The number of nitrogens with one attached hydrogen (secondary N) is 2. The van der Waals surface area contributed by atoms with Gasteiger partial charge in [0.05, 0.1) is 11.7 Å². The lowest BCUT2D eigenvalue weighted by Crippen LogP contribution is -2.52. The van der Waals surface area contributed by atoms with Crippen LogP contribution in [0.1, 0.15) is 37.9 Å². The monoisotopic (exact) mass is 224 g/mol. The summed E-state index contributed by atoms with van der Waals surface area (Å²) in [5, 5.41) is 9.57. The van der Waals surface area contributed by atoms with Crippen LogP contribution in [-0.4, -0.2) is 21.6 Å². The van der Waals surface area contributed by atoms with E-state index in [0.29, 0.717) is 19.4 Å². The smallest absolute Gasteiger partial charge is 0.240 e. The molecule has 1 aromatic rings. The highest BCUT2D eigenvalue weighted by Gasteiger charge is 2.29. The molecule has 1 rings (SSSR count). The third-order valence-electron chi connectivity index (χ3n) is 3.09. The van der Waals surface area contributed by atoms with Crippen molar-refractivity contribution in [2.24, 2.45) is 5.73 Å². The number of amides is 1. The predicted molar refractivity (Wildman–Crippen MR) is 62.7 cm³/mol. The highest BCUT2D eigenvalue weighted by Crippen LogP contribution is 2.11. The Balaban J connectivity index is 2.56. The molecule has 0 fully saturated rings. The van der Waals surface area contributed by atoms with E-state index in [1.165, 1.54) is 0 Å².